The van der Waals surface area contributed by atoms with Crippen molar-refractivity contribution in [2.45, 2.75) is 52.9 Å². The Kier molecular flexibility index (Phi) is 9.76. The van der Waals surface area contributed by atoms with E-state index in [1.807, 2.05) is 0 Å². The summed E-state index contributed by atoms with van der Waals surface area (Å²) < 4.78 is 5.57. The normalized spacial score (nSPS) is 11.8. The smallest absolute Gasteiger partial charge is 0.220 e. The van der Waals surface area contributed by atoms with E-state index in [4.69, 9.17) is 4.74 Å². The molecule has 1 aromatic carbocycles. The minimum absolute atomic E-state index is 0.0900. The molecule has 0 saturated carbocycles. The van der Waals surface area contributed by atoms with Crippen molar-refractivity contribution >= 4 is 5.91 Å². The maximum atomic E-state index is 11.9. The van der Waals surface area contributed by atoms with Crippen molar-refractivity contribution < 1.29 is 9.53 Å². The molecule has 0 aliphatic rings. The molecule has 0 aliphatic heterocycles. The summed E-state index contributed by atoms with van der Waals surface area (Å²) >= 11 is 0. The molecule has 0 saturated heterocycles. The van der Waals surface area contributed by atoms with Crippen LogP contribution in [0.5, 0.6) is 0 Å². The van der Waals surface area contributed by atoms with Crippen molar-refractivity contribution in [3.63, 3.8) is 0 Å². The van der Waals surface area contributed by atoms with Crippen molar-refractivity contribution in [1.82, 2.24) is 10.2 Å². The first kappa shape index (κ1) is 21.7. The summed E-state index contributed by atoms with van der Waals surface area (Å²) in [5.41, 5.74) is 2.70. The Morgan fingerprint density at radius 1 is 1.08 bits per heavy atom. The van der Waals surface area contributed by atoms with E-state index < -0.39 is 0 Å². The highest BCUT2D eigenvalue weighted by Crippen LogP contribution is 2.22. The van der Waals surface area contributed by atoms with Crippen LogP contribution in [-0.2, 0) is 21.4 Å². The molecule has 0 spiro atoms. The minimum atomic E-state index is 0.0900. The lowest BCUT2D eigenvalue weighted by Crippen LogP contribution is -2.30. The number of nitrogens with zero attached hydrogens (tertiary/aromatic N) is 1. The third-order valence-electron chi connectivity index (χ3n) is 4.48. The van der Waals surface area contributed by atoms with Crippen LogP contribution in [-0.4, -0.2) is 50.2 Å². The Morgan fingerprint density at radius 2 is 1.72 bits per heavy atom. The van der Waals surface area contributed by atoms with Crippen LogP contribution in [0.25, 0.3) is 0 Å². The van der Waals surface area contributed by atoms with Gasteiger partial charge in [0.25, 0.3) is 0 Å². The number of nitrogens with one attached hydrogen (secondary N) is 1. The maximum Gasteiger partial charge on any atom is 0.220 e. The molecule has 0 unspecified atom stereocenters. The maximum absolute atomic E-state index is 11.9. The molecule has 1 rings (SSSR count). The van der Waals surface area contributed by atoms with Crippen LogP contribution in [0.1, 0.15) is 52.2 Å². The van der Waals surface area contributed by atoms with Gasteiger partial charge in [-0.15, -0.1) is 0 Å². The molecule has 0 aromatic heterocycles. The van der Waals surface area contributed by atoms with Gasteiger partial charge in [-0.1, -0.05) is 58.9 Å². The van der Waals surface area contributed by atoms with Crippen molar-refractivity contribution in [1.29, 1.82) is 0 Å². The van der Waals surface area contributed by atoms with E-state index >= 15 is 0 Å². The van der Waals surface area contributed by atoms with Crippen molar-refractivity contribution in [2.24, 2.45) is 0 Å². The number of carbonyl (C=O) groups excluding carboxylic acids is 1. The van der Waals surface area contributed by atoms with E-state index in [9.17, 15) is 4.79 Å². The number of rotatable bonds is 11. The summed E-state index contributed by atoms with van der Waals surface area (Å²) in [5.74, 6) is 0.0900. The van der Waals surface area contributed by atoms with Crippen molar-refractivity contribution in [3.05, 3.63) is 35.4 Å². The van der Waals surface area contributed by atoms with Gasteiger partial charge in [0.2, 0.25) is 5.91 Å². The largest absolute Gasteiger partial charge is 0.378 e. The van der Waals surface area contributed by atoms with E-state index in [0.717, 1.165) is 32.7 Å². The number of amides is 1. The van der Waals surface area contributed by atoms with Gasteiger partial charge in [-0.25, -0.2) is 0 Å². The number of aryl methyl sites for hydroxylation is 1. The second-order valence-electron chi connectivity index (χ2n) is 7.44. The fourth-order valence-corrected chi connectivity index (χ4v) is 2.62. The molecule has 1 N–H and O–H groups in total. The molecule has 4 heteroatoms. The monoisotopic (exact) mass is 348 g/mol. The van der Waals surface area contributed by atoms with Crippen molar-refractivity contribution in [2.75, 3.05) is 39.4 Å². The van der Waals surface area contributed by atoms with Gasteiger partial charge in [0.15, 0.2) is 0 Å². The molecule has 142 valence electrons. The Balaban J connectivity index is 2.15. The zero-order valence-electron chi connectivity index (χ0n) is 16.7. The predicted octanol–water partition coefficient (Wildman–Crippen LogP) is 3.39. The average Bonchev–Trinajstić information content (AvgIpc) is 2.59. The molecule has 0 bridgehead atoms. The summed E-state index contributed by atoms with van der Waals surface area (Å²) in [6.45, 7) is 15.9. The van der Waals surface area contributed by atoms with Gasteiger partial charge >= 0.3 is 0 Å². The molecule has 25 heavy (non-hydrogen) atoms. The highest BCUT2D eigenvalue weighted by atomic mass is 16.5. The highest BCUT2D eigenvalue weighted by molar-refractivity contribution is 5.76. The predicted molar refractivity (Wildman–Crippen MR) is 105 cm³/mol. The van der Waals surface area contributed by atoms with Gasteiger partial charge < -0.3 is 15.0 Å². The lowest BCUT2D eigenvalue weighted by Gasteiger charge is -2.19. The van der Waals surface area contributed by atoms with Gasteiger partial charge in [0, 0.05) is 19.5 Å². The third kappa shape index (κ3) is 9.03. The number of ether oxygens (including phenoxy) is 1. The minimum Gasteiger partial charge on any atom is -0.378 e. The Hall–Kier alpha value is -1.39. The molecule has 0 fully saturated rings. The number of benzene rings is 1. The molecular formula is C21H36N2O2. The zero-order chi connectivity index (χ0) is 18.7. The summed E-state index contributed by atoms with van der Waals surface area (Å²) in [6.07, 6.45) is 1.30. The quantitative estimate of drug-likeness (QED) is 0.623. The van der Waals surface area contributed by atoms with E-state index in [0.29, 0.717) is 19.6 Å². The summed E-state index contributed by atoms with van der Waals surface area (Å²) in [5, 5.41) is 2.93. The Morgan fingerprint density at radius 3 is 2.28 bits per heavy atom. The summed E-state index contributed by atoms with van der Waals surface area (Å²) in [4.78, 5) is 14.2. The number of carbonyl (C=O) groups is 1. The van der Waals surface area contributed by atoms with Crippen LogP contribution >= 0.6 is 0 Å². The topological polar surface area (TPSA) is 41.6 Å². The standard InChI is InChI=1S/C21H36N2O2/c1-6-23(7-2)15-17-25-16-14-22-20(24)13-10-18-8-11-19(12-9-18)21(3,4)5/h8-9,11-12H,6-7,10,13-17H2,1-5H3,(H,22,24). The Labute approximate surface area is 153 Å². The van der Waals surface area contributed by atoms with Gasteiger partial charge in [-0.3, -0.25) is 4.79 Å². The van der Waals surface area contributed by atoms with Gasteiger partial charge in [0.05, 0.1) is 13.2 Å². The fourth-order valence-electron chi connectivity index (χ4n) is 2.62. The first-order valence-corrected chi connectivity index (χ1v) is 9.53. The first-order valence-electron chi connectivity index (χ1n) is 9.53. The molecule has 0 atom stereocenters. The van der Waals surface area contributed by atoms with Crippen LogP contribution in [0.3, 0.4) is 0 Å². The van der Waals surface area contributed by atoms with Crippen LogP contribution in [0.15, 0.2) is 24.3 Å². The van der Waals surface area contributed by atoms with E-state index in [1.165, 1.54) is 11.1 Å². The van der Waals surface area contributed by atoms with Crippen LogP contribution in [0, 0.1) is 0 Å². The van der Waals surface area contributed by atoms with Crippen LogP contribution in [0.2, 0.25) is 0 Å². The fraction of sp³-hybridized carbons (Fsp3) is 0.667. The Bertz CT molecular complexity index is 488. The van der Waals surface area contributed by atoms with E-state index in [-0.39, 0.29) is 11.3 Å². The second-order valence-corrected chi connectivity index (χ2v) is 7.44. The van der Waals surface area contributed by atoms with Gasteiger partial charge in [-0.05, 0) is 36.1 Å². The third-order valence-corrected chi connectivity index (χ3v) is 4.48. The lowest BCUT2D eigenvalue weighted by molar-refractivity contribution is -0.121. The van der Waals surface area contributed by atoms with Crippen LogP contribution in [0.4, 0.5) is 0 Å². The molecular weight excluding hydrogens is 312 g/mol. The van der Waals surface area contributed by atoms with E-state index in [2.05, 4.69) is 69.1 Å². The number of hydrogen-bond donors (Lipinski definition) is 1. The molecule has 0 aliphatic carbocycles. The highest BCUT2D eigenvalue weighted by Gasteiger charge is 2.12. The molecule has 0 radical (unpaired) electrons. The molecule has 0 heterocycles. The zero-order valence-corrected chi connectivity index (χ0v) is 16.7. The molecule has 1 amide bonds. The first-order chi connectivity index (χ1) is 11.9. The summed E-state index contributed by atoms with van der Waals surface area (Å²) in [7, 11) is 0. The number of hydrogen-bond acceptors (Lipinski definition) is 3. The van der Waals surface area contributed by atoms with Gasteiger partial charge in [-0.2, -0.15) is 0 Å². The lowest BCUT2D eigenvalue weighted by atomic mass is 9.86. The molecule has 4 nitrogen and oxygen atoms in total. The van der Waals surface area contributed by atoms with Gasteiger partial charge in [0.1, 0.15) is 0 Å². The summed E-state index contributed by atoms with van der Waals surface area (Å²) in [6, 6.07) is 8.59. The van der Waals surface area contributed by atoms with Crippen molar-refractivity contribution in [3.8, 4) is 0 Å². The number of likely N-dealkylation sites (N-methyl/N-ethyl adjacent to an activating group) is 1. The van der Waals surface area contributed by atoms with Crippen LogP contribution < -0.4 is 5.32 Å². The SMILES string of the molecule is CCN(CC)CCOCCNC(=O)CCc1ccc(C(C)(C)C)cc1. The average molecular weight is 349 g/mol. The second kappa shape index (κ2) is 11.3. The van der Waals surface area contributed by atoms with E-state index in [1.54, 1.807) is 0 Å². The molecule has 1 aromatic rings.